The molecule has 17 heavy (non-hydrogen) atoms. The number of nitrogens with one attached hydrogen (secondary N) is 1. The Hall–Kier alpha value is -0.940. The molecule has 1 unspecified atom stereocenters. The second-order valence-electron chi connectivity index (χ2n) is 4.36. The number of aromatic nitrogens is 1. The molecule has 1 amide bonds. The number of aryl methyl sites for hydroxylation is 1. The molecule has 0 spiro atoms. The summed E-state index contributed by atoms with van der Waals surface area (Å²) in [5.41, 5.74) is 2.59. The first-order valence-corrected chi connectivity index (χ1v) is 7.03. The number of likely N-dealkylation sites (N-methyl/N-ethyl adjacent to an activating group) is 1. The molecule has 0 saturated carbocycles. The lowest BCUT2D eigenvalue weighted by Crippen LogP contribution is -2.48. The molecule has 5 heteroatoms. The topological polar surface area (TPSA) is 45.2 Å². The molecule has 1 atom stereocenters. The average molecular weight is 253 g/mol. The lowest BCUT2D eigenvalue weighted by atomic mass is 10.1. The molecule has 0 aliphatic carbocycles. The molecular formula is C12H19N3OS. The van der Waals surface area contributed by atoms with Crippen molar-refractivity contribution in [1.82, 2.24) is 15.2 Å². The second-order valence-corrected chi connectivity index (χ2v) is 5.21. The van der Waals surface area contributed by atoms with E-state index in [1.165, 1.54) is 11.3 Å². The minimum atomic E-state index is 0.140. The highest BCUT2D eigenvalue weighted by atomic mass is 32.1. The monoisotopic (exact) mass is 253 g/mol. The molecule has 1 N–H and O–H groups in total. The molecule has 0 bridgehead atoms. The molecule has 0 radical (unpaired) electrons. The number of nitrogens with zero attached hydrogens (tertiary/aromatic N) is 2. The summed E-state index contributed by atoms with van der Waals surface area (Å²) in [4.78, 5) is 19.3. The van der Waals surface area contributed by atoms with Crippen molar-refractivity contribution in [3.63, 3.8) is 0 Å². The maximum Gasteiger partial charge on any atom is 0.266 e. The molecular weight excluding hydrogens is 234 g/mol. The van der Waals surface area contributed by atoms with E-state index in [-0.39, 0.29) is 5.91 Å². The van der Waals surface area contributed by atoms with Crippen LogP contribution < -0.4 is 5.32 Å². The van der Waals surface area contributed by atoms with Crippen LogP contribution in [0.2, 0.25) is 0 Å². The van der Waals surface area contributed by atoms with Crippen molar-refractivity contribution in [3.05, 3.63) is 16.1 Å². The SMILES string of the molecule is CCN(C(=O)c1scnc1C)C1CCCNC1. The summed E-state index contributed by atoms with van der Waals surface area (Å²) in [6.45, 7) is 6.70. The minimum Gasteiger partial charge on any atom is -0.334 e. The number of carbonyl (C=O) groups excluding carboxylic acids is 1. The first-order chi connectivity index (χ1) is 8.24. The third-order valence-electron chi connectivity index (χ3n) is 3.25. The van der Waals surface area contributed by atoms with E-state index in [0.29, 0.717) is 6.04 Å². The number of thiazole rings is 1. The summed E-state index contributed by atoms with van der Waals surface area (Å²) < 4.78 is 0. The first kappa shape index (κ1) is 12.5. The zero-order valence-electron chi connectivity index (χ0n) is 10.4. The lowest BCUT2D eigenvalue weighted by molar-refractivity contribution is 0.0666. The molecule has 1 fully saturated rings. The zero-order chi connectivity index (χ0) is 12.3. The zero-order valence-corrected chi connectivity index (χ0v) is 11.2. The van der Waals surface area contributed by atoms with E-state index < -0.39 is 0 Å². The van der Waals surface area contributed by atoms with Crippen LogP contribution in [0, 0.1) is 6.92 Å². The normalized spacial score (nSPS) is 20.2. The van der Waals surface area contributed by atoms with Crippen LogP contribution in [-0.4, -0.2) is 41.5 Å². The van der Waals surface area contributed by atoms with E-state index in [9.17, 15) is 4.79 Å². The van der Waals surface area contributed by atoms with Gasteiger partial charge in [-0.15, -0.1) is 11.3 Å². The molecule has 1 aliphatic heterocycles. The smallest absolute Gasteiger partial charge is 0.266 e. The summed E-state index contributed by atoms with van der Waals surface area (Å²) in [6, 6.07) is 0.336. The van der Waals surface area contributed by atoms with Crippen molar-refractivity contribution < 1.29 is 4.79 Å². The predicted molar refractivity (Wildman–Crippen MR) is 69.5 cm³/mol. The Labute approximate surface area is 106 Å². The summed E-state index contributed by atoms with van der Waals surface area (Å²) in [5, 5.41) is 3.36. The average Bonchev–Trinajstić information content (AvgIpc) is 2.77. The third kappa shape index (κ3) is 2.66. The van der Waals surface area contributed by atoms with Gasteiger partial charge < -0.3 is 10.2 Å². The van der Waals surface area contributed by atoms with Crippen molar-refractivity contribution in [2.45, 2.75) is 32.7 Å². The Balaban J connectivity index is 2.12. The Morgan fingerprint density at radius 3 is 3.06 bits per heavy atom. The van der Waals surface area contributed by atoms with Crippen molar-refractivity contribution in [3.8, 4) is 0 Å². The largest absolute Gasteiger partial charge is 0.334 e. The number of hydrogen-bond acceptors (Lipinski definition) is 4. The fourth-order valence-corrected chi connectivity index (χ4v) is 3.06. The van der Waals surface area contributed by atoms with Gasteiger partial charge in [-0.05, 0) is 33.2 Å². The molecule has 1 aromatic rings. The maximum atomic E-state index is 12.4. The highest BCUT2D eigenvalue weighted by Crippen LogP contribution is 2.19. The molecule has 94 valence electrons. The van der Waals surface area contributed by atoms with Crippen LogP contribution in [0.4, 0.5) is 0 Å². The molecule has 4 nitrogen and oxygen atoms in total. The van der Waals surface area contributed by atoms with Crippen LogP contribution in [0.1, 0.15) is 35.1 Å². The van der Waals surface area contributed by atoms with E-state index in [1.54, 1.807) is 5.51 Å². The van der Waals surface area contributed by atoms with Crippen LogP contribution in [0.5, 0.6) is 0 Å². The van der Waals surface area contributed by atoms with Crippen LogP contribution in [0.15, 0.2) is 5.51 Å². The van der Waals surface area contributed by atoms with Gasteiger partial charge in [-0.1, -0.05) is 0 Å². The molecule has 0 aromatic carbocycles. The Kier molecular flexibility index (Phi) is 4.12. The van der Waals surface area contributed by atoms with Gasteiger partial charge in [0.2, 0.25) is 0 Å². The van der Waals surface area contributed by atoms with Gasteiger partial charge in [-0.3, -0.25) is 4.79 Å². The molecule has 2 rings (SSSR count). The number of amides is 1. The molecule has 1 saturated heterocycles. The van der Waals surface area contributed by atoms with Crippen LogP contribution in [0.3, 0.4) is 0 Å². The van der Waals surface area contributed by atoms with Gasteiger partial charge in [-0.25, -0.2) is 4.98 Å². The van der Waals surface area contributed by atoms with Crippen molar-refractivity contribution in [2.24, 2.45) is 0 Å². The van der Waals surface area contributed by atoms with Gasteiger partial charge in [0.1, 0.15) is 4.88 Å². The summed E-state index contributed by atoms with van der Waals surface area (Å²) in [6.07, 6.45) is 2.25. The summed E-state index contributed by atoms with van der Waals surface area (Å²) >= 11 is 1.44. The molecule has 1 aliphatic rings. The Morgan fingerprint density at radius 1 is 1.71 bits per heavy atom. The second kappa shape index (κ2) is 5.60. The number of hydrogen-bond donors (Lipinski definition) is 1. The fourth-order valence-electron chi connectivity index (χ4n) is 2.30. The van der Waals surface area contributed by atoms with E-state index >= 15 is 0 Å². The molecule has 1 aromatic heterocycles. The predicted octanol–water partition coefficient (Wildman–Crippen LogP) is 1.67. The van der Waals surface area contributed by atoms with Gasteiger partial charge in [0.15, 0.2) is 0 Å². The van der Waals surface area contributed by atoms with E-state index in [4.69, 9.17) is 0 Å². The highest BCUT2D eigenvalue weighted by Gasteiger charge is 2.26. The quantitative estimate of drug-likeness (QED) is 0.891. The Bertz CT molecular complexity index is 385. The van der Waals surface area contributed by atoms with Gasteiger partial charge >= 0.3 is 0 Å². The van der Waals surface area contributed by atoms with Crippen molar-refractivity contribution in [1.29, 1.82) is 0 Å². The minimum absolute atomic E-state index is 0.140. The summed E-state index contributed by atoms with van der Waals surface area (Å²) in [7, 11) is 0. The van der Waals surface area contributed by atoms with Crippen LogP contribution in [-0.2, 0) is 0 Å². The third-order valence-corrected chi connectivity index (χ3v) is 4.17. The van der Waals surface area contributed by atoms with Crippen molar-refractivity contribution in [2.75, 3.05) is 19.6 Å². The number of carbonyl (C=O) groups is 1. The van der Waals surface area contributed by atoms with Gasteiger partial charge in [0.05, 0.1) is 11.2 Å². The van der Waals surface area contributed by atoms with Crippen molar-refractivity contribution >= 4 is 17.2 Å². The Morgan fingerprint density at radius 2 is 2.53 bits per heavy atom. The molecule has 2 heterocycles. The number of rotatable bonds is 3. The van der Waals surface area contributed by atoms with E-state index in [2.05, 4.69) is 10.3 Å². The summed E-state index contributed by atoms with van der Waals surface area (Å²) in [5.74, 6) is 0.140. The van der Waals surface area contributed by atoms with E-state index in [0.717, 1.165) is 43.0 Å². The van der Waals surface area contributed by atoms with Crippen LogP contribution >= 0.6 is 11.3 Å². The number of piperidine rings is 1. The highest BCUT2D eigenvalue weighted by molar-refractivity contribution is 7.11. The van der Waals surface area contributed by atoms with Crippen LogP contribution in [0.25, 0.3) is 0 Å². The van der Waals surface area contributed by atoms with Gasteiger partial charge in [0.25, 0.3) is 5.91 Å². The lowest BCUT2D eigenvalue weighted by Gasteiger charge is -2.33. The van der Waals surface area contributed by atoms with E-state index in [1.807, 2.05) is 18.7 Å². The van der Waals surface area contributed by atoms with Gasteiger partial charge in [0, 0.05) is 19.1 Å². The van der Waals surface area contributed by atoms with Gasteiger partial charge in [-0.2, -0.15) is 0 Å². The fraction of sp³-hybridized carbons (Fsp3) is 0.667. The standard InChI is InChI=1S/C12H19N3OS/c1-3-15(10-5-4-6-13-7-10)12(16)11-9(2)14-8-17-11/h8,10,13H,3-7H2,1-2H3. The first-order valence-electron chi connectivity index (χ1n) is 6.15. The maximum absolute atomic E-state index is 12.4.